The van der Waals surface area contributed by atoms with Crippen molar-refractivity contribution in [1.29, 1.82) is 0 Å². The third-order valence-electron chi connectivity index (χ3n) is 4.11. The van der Waals surface area contributed by atoms with Crippen molar-refractivity contribution in [3.05, 3.63) is 37.9 Å². The molecule has 2 aliphatic carbocycles. The Balaban J connectivity index is 0.000000526. The molecule has 1 aromatic rings. The van der Waals surface area contributed by atoms with Gasteiger partial charge in [0.15, 0.2) is 5.69 Å². The molecule has 0 bridgehead atoms. The van der Waals surface area contributed by atoms with E-state index in [2.05, 4.69) is 5.32 Å². The third-order valence-corrected chi connectivity index (χ3v) is 4.11. The first-order chi connectivity index (χ1) is 12.1. The highest BCUT2D eigenvalue weighted by Crippen LogP contribution is 2.42. The summed E-state index contributed by atoms with van der Waals surface area (Å²) in [5, 5.41) is 24.4. The summed E-state index contributed by atoms with van der Waals surface area (Å²) in [5.74, 6) is 1.15. The molecule has 0 spiro atoms. The summed E-state index contributed by atoms with van der Waals surface area (Å²) >= 11 is 0. The Hall–Kier alpha value is -2.14. The minimum Gasteiger partial charge on any atom is -0.374 e. The van der Waals surface area contributed by atoms with Gasteiger partial charge in [-0.25, -0.2) is 0 Å². The highest BCUT2D eigenvalue weighted by Gasteiger charge is 2.38. The zero-order valence-electron chi connectivity index (χ0n) is 14.2. The maximum Gasteiger partial charge on any atom is 0.416 e. The summed E-state index contributed by atoms with van der Waals surface area (Å²) in [6, 6.07) is 0.616. The molecular formula is C15H20ClF3N4O4. The molecule has 2 saturated carbocycles. The van der Waals surface area contributed by atoms with Gasteiger partial charge in [-0.15, -0.1) is 12.4 Å². The first-order valence-corrected chi connectivity index (χ1v) is 8.11. The number of alkyl halides is 3. The van der Waals surface area contributed by atoms with E-state index in [9.17, 15) is 33.4 Å². The summed E-state index contributed by atoms with van der Waals surface area (Å²) in [4.78, 5) is 19.7. The molecule has 0 atom stereocenters. The lowest BCUT2D eigenvalue weighted by molar-refractivity contribution is -0.392. The van der Waals surface area contributed by atoms with Gasteiger partial charge in [0.25, 0.3) is 11.4 Å². The summed E-state index contributed by atoms with van der Waals surface area (Å²) < 4.78 is 38.0. The van der Waals surface area contributed by atoms with Crippen molar-refractivity contribution < 1.29 is 23.0 Å². The molecule has 3 rings (SSSR count). The number of benzene rings is 1. The Morgan fingerprint density at radius 2 is 1.48 bits per heavy atom. The Morgan fingerprint density at radius 3 is 1.74 bits per heavy atom. The molecule has 0 heterocycles. The van der Waals surface area contributed by atoms with Crippen molar-refractivity contribution in [2.75, 3.05) is 18.4 Å². The number of hydrogen-bond donors (Lipinski definition) is 2. The van der Waals surface area contributed by atoms with Crippen LogP contribution in [0.3, 0.4) is 0 Å². The van der Waals surface area contributed by atoms with E-state index in [0.717, 1.165) is 25.3 Å². The van der Waals surface area contributed by atoms with Crippen LogP contribution in [-0.4, -0.2) is 22.9 Å². The number of nitrogens with zero attached hydrogens (tertiary/aromatic N) is 2. The van der Waals surface area contributed by atoms with Crippen LogP contribution < -0.4 is 11.1 Å². The molecule has 12 heteroatoms. The fourth-order valence-electron chi connectivity index (χ4n) is 2.17. The number of nitro groups is 2. The summed E-state index contributed by atoms with van der Waals surface area (Å²) in [6.45, 7) is 1.17. The number of nitrogens with one attached hydrogen (secondary N) is 1. The maximum atomic E-state index is 12.7. The lowest BCUT2D eigenvalue weighted by Gasteiger charge is -2.11. The number of nitro benzene ring substituents is 2. The highest BCUT2D eigenvalue weighted by molar-refractivity contribution is 5.85. The van der Waals surface area contributed by atoms with Crippen LogP contribution in [0.1, 0.15) is 31.2 Å². The smallest absolute Gasteiger partial charge is 0.374 e. The van der Waals surface area contributed by atoms with Crippen molar-refractivity contribution in [2.45, 2.75) is 31.9 Å². The van der Waals surface area contributed by atoms with Gasteiger partial charge < -0.3 is 11.1 Å². The average Bonchev–Trinajstić information content (AvgIpc) is 3.46. The van der Waals surface area contributed by atoms with Crippen molar-refractivity contribution in [2.24, 2.45) is 17.6 Å². The second kappa shape index (κ2) is 9.18. The predicted molar refractivity (Wildman–Crippen MR) is 95.0 cm³/mol. The van der Waals surface area contributed by atoms with Gasteiger partial charge in [-0.05, 0) is 44.1 Å². The summed E-state index contributed by atoms with van der Waals surface area (Å²) in [5.41, 5.74) is 1.44. The molecule has 0 saturated heterocycles. The van der Waals surface area contributed by atoms with E-state index in [1.165, 1.54) is 12.8 Å². The standard InChI is InChI=1S/C11H10F3N3O4.C4H9N.ClH/c12-11(13,14)7-3-8(16(18)19)10(9(4-7)17(20)21)15-5-6-1-2-6;5-3-4-1-2-4;/h3-4,6,15H,1-2,5H2;4H,1-3,5H2;1H. The quantitative estimate of drug-likeness (QED) is 0.534. The molecule has 27 heavy (non-hydrogen) atoms. The molecule has 2 fully saturated rings. The van der Waals surface area contributed by atoms with Crippen LogP contribution in [0.5, 0.6) is 0 Å². The molecule has 1 aromatic carbocycles. The van der Waals surface area contributed by atoms with Gasteiger partial charge in [0.2, 0.25) is 0 Å². The lowest BCUT2D eigenvalue weighted by Crippen LogP contribution is -2.12. The number of rotatable bonds is 6. The van der Waals surface area contributed by atoms with Crippen molar-refractivity contribution in [3.63, 3.8) is 0 Å². The zero-order chi connectivity index (χ0) is 19.5. The van der Waals surface area contributed by atoms with Crippen molar-refractivity contribution in [1.82, 2.24) is 0 Å². The van der Waals surface area contributed by atoms with Gasteiger partial charge in [-0.3, -0.25) is 20.2 Å². The molecule has 0 unspecified atom stereocenters. The van der Waals surface area contributed by atoms with E-state index < -0.39 is 38.6 Å². The van der Waals surface area contributed by atoms with E-state index in [1.807, 2.05) is 0 Å². The lowest BCUT2D eigenvalue weighted by atomic mass is 10.1. The molecule has 0 aromatic heterocycles. The first-order valence-electron chi connectivity index (χ1n) is 8.11. The molecular weight excluding hydrogens is 393 g/mol. The maximum absolute atomic E-state index is 12.7. The van der Waals surface area contributed by atoms with Gasteiger partial charge in [-0.2, -0.15) is 13.2 Å². The van der Waals surface area contributed by atoms with Crippen LogP contribution in [-0.2, 0) is 6.18 Å². The van der Waals surface area contributed by atoms with Crippen LogP contribution in [0.4, 0.5) is 30.2 Å². The van der Waals surface area contributed by atoms with Gasteiger partial charge in [0.05, 0.1) is 15.4 Å². The second-order valence-electron chi connectivity index (χ2n) is 6.40. The van der Waals surface area contributed by atoms with Gasteiger partial charge in [0.1, 0.15) is 0 Å². The fourth-order valence-corrected chi connectivity index (χ4v) is 2.17. The van der Waals surface area contributed by atoms with Crippen LogP contribution in [0.2, 0.25) is 0 Å². The SMILES string of the molecule is Cl.NCC1CC1.O=[N+]([O-])c1cc(C(F)(F)F)cc([N+](=O)[O-])c1NCC1CC1. The number of halogens is 4. The molecule has 3 N–H and O–H groups in total. The predicted octanol–water partition coefficient (Wildman–Crippen LogP) is 4.12. The minimum atomic E-state index is -4.90. The Labute approximate surface area is 159 Å². The van der Waals surface area contributed by atoms with E-state index in [-0.39, 0.29) is 24.9 Å². The number of nitrogens with two attached hydrogens (primary N) is 1. The molecule has 2 aliphatic rings. The van der Waals surface area contributed by atoms with E-state index in [0.29, 0.717) is 12.1 Å². The Morgan fingerprint density at radius 1 is 1.04 bits per heavy atom. The Bertz CT molecular complexity index is 659. The summed E-state index contributed by atoms with van der Waals surface area (Å²) in [7, 11) is 0. The molecule has 152 valence electrons. The molecule has 8 nitrogen and oxygen atoms in total. The largest absolute Gasteiger partial charge is 0.416 e. The summed E-state index contributed by atoms with van der Waals surface area (Å²) in [6.07, 6.45) is -0.359. The molecule has 0 aliphatic heterocycles. The van der Waals surface area contributed by atoms with Crippen molar-refractivity contribution >= 4 is 29.5 Å². The van der Waals surface area contributed by atoms with Gasteiger partial charge in [0, 0.05) is 18.7 Å². The first kappa shape index (κ1) is 22.9. The molecule has 0 radical (unpaired) electrons. The van der Waals surface area contributed by atoms with E-state index in [4.69, 9.17) is 5.73 Å². The monoisotopic (exact) mass is 412 g/mol. The van der Waals surface area contributed by atoms with Crippen LogP contribution in [0.15, 0.2) is 12.1 Å². The van der Waals surface area contributed by atoms with Crippen LogP contribution >= 0.6 is 12.4 Å². The number of anilines is 1. The van der Waals surface area contributed by atoms with Crippen molar-refractivity contribution in [3.8, 4) is 0 Å². The van der Waals surface area contributed by atoms with E-state index in [1.54, 1.807) is 0 Å². The second-order valence-corrected chi connectivity index (χ2v) is 6.40. The van der Waals surface area contributed by atoms with Crippen LogP contribution in [0, 0.1) is 32.1 Å². The normalized spacial score (nSPS) is 15.9. The third kappa shape index (κ3) is 6.83. The van der Waals surface area contributed by atoms with Crippen LogP contribution in [0.25, 0.3) is 0 Å². The number of hydrogen-bond acceptors (Lipinski definition) is 6. The Kier molecular flexibility index (Phi) is 7.78. The fraction of sp³-hybridized carbons (Fsp3) is 0.600. The minimum absolute atomic E-state index is 0. The highest BCUT2D eigenvalue weighted by atomic mass is 35.5. The molecule has 0 amide bonds. The topological polar surface area (TPSA) is 124 Å². The van der Waals surface area contributed by atoms with E-state index >= 15 is 0 Å². The van der Waals surface area contributed by atoms with Gasteiger partial charge >= 0.3 is 6.18 Å². The average molecular weight is 413 g/mol. The van der Waals surface area contributed by atoms with Gasteiger partial charge in [-0.1, -0.05) is 0 Å². The zero-order valence-corrected chi connectivity index (χ0v) is 15.0.